The Morgan fingerprint density at radius 2 is 2.32 bits per heavy atom. The first-order valence-corrected chi connectivity index (χ1v) is 9.19. The van der Waals surface area contributed by atoms with Gasteiger partial charge in [0.1, 0.15) is 16.3 Å². The third-order valence-corrected chi connectivity index (χ3v) is 4.77. The molecule has 1 fully saturated rings. The number of nitrogens with zero attached hydrogens (tertiary/aromatic N) is 2. The van der Waals surface area contributed by atoms with E-state index in [1.54, 1.807) is 6.20 Å². The molecule has 2 heterocycles. The minimum Gasteiger partial charge on any atom is -0.481 e. The predicted octanol–water partition coefficient (Wildman–Crippen LogP) is 3.49. The number of hydrogen-bond acceptors (Lipinski definition) is 5. The fourth-order valence-electron chi connectivity index (χ4n) is 3.17. The van der Waals surface area contributed by atoms with Crippen molar-refractivity contribution in [2.45, 2.75) is 38.5 Å². The topological polar surface area (TPSA) is 89.3 Å². The molecule has 6 nitrogen and oxygen atoms in total. The van der Waals surface area contributed by atoms with Crippen molar-refractivity contribution < 1.29 is 14.6 Å². The average molecular weight is 363 g/mol. The number of carbonyl (C=O) groups is 1. The van der Waals surface area contributed by atoms with E-state index in [1.807, 2.05) is 6.07 Å². The highest BCUT2D eigenvalue weighted by atomic mass is 32.1. The van der Waals surface area contributed by atoms with Crippen molar-refractivity contribution in [3.8, 4) is 6.07 Å². The molecule has 0 bridgehead atoms. The molecule has 25 heavy (non-hydrogen) atoms. The molecule has 1 aromatic rings. The monoisotopic (exact) mass is 363 g/mol. The smallest absolute Gasteiger partial charge is 0.303 e. The minimum atomic E-state index is -0.735. The van der Waals surface area contributed by atoms with Crippen LogP contribution in [-0.4, -0.2) is 42.4 Å². The summed E-state index contributed by atoms with van der Waals surface area (Å²) in [6, 6.07) is 4.12. The molecule has 1 saturated heterocycles. The Morgan fingerprint density at radius 3 is 3.08 bits per heavy atom. The second-order valence-corrected chi connectivity index (χ2v) is 6.82. The lowest BCUT2D eigenvalue weighted by Gasteiger charge is -2.34. The number of aliphatic carboxylic acids is 1. The van der Waals surface area contributed by atoms with Gasteiger partial charge in [-0.25, -0.2) is 0 Å². The van der Waals surface area contributed by atoms with Crippen LogP contribution in [0.15, 0.2) is 12.3 Å². The number of carboxylic acid groups (broad SMARTS) is 1. The Labute approximate surface area is 153 Å². The molecule has 1 aliphatic heterocycles. The van der Waals surface area contributed by atoms with Crippen LogP contribution in [0.1, 0.15) is 44.1 Å². The molecule has 0 aliphatic carbocycles. The van der Waals surface area contributed by atoms with E-state index in [9.17, 15) is 10.1 Å². The van der Waals surface area contributed by atoms with Gasteiger partial charge in [-0.05, 0) is 37.7 Å². The van der Waals surface area contributed by atoms with Crippen LogP contribution in [0, 0.1) is 21.9 Å². The number of anilines is 1. The normalized spacial score (nSPS) is 17.2. The van der Waals surface area contributed by atoms with Crippen LogP contribution in [0.3, 0.4) is 0 Å². The molecular formula is C18H25N3O3S. The number of piperidine rings is 1. The molecule has 0 aromatic carbocycles. The third kappa shape index (κ3) is 6.15. The molecule has 2 rings (SSSR count). The van der Waals surface area contributed by atoms with Gasteiger partial charge in [-0.1, -0.05) is 18.6 Å². The Morgan fingerprint density at radius 1 is 1.48 bits per heavy atom. The van der Waals surface area contributed by atoms with Gasteiger partial charge in [0.15, 0.2) is 0 Å². The number of hydrogen-bond donors (Lipinski definition) is 2. The number of pyridine rings is 1. The van der Waals surface area contributed by atoms with Crippen LogP contribution >= 0.6 is 12.2 Å². The van der Waals surface area contributed by atoms with Gasteiger partial charge in [-0.15, -0.1) is 0 Å². The molecule has 0 spiro atoms. The fraction of sp³-hybridized carbons (Fsp3) is 0.611. The van der Waals surface area contributed by atoms with Crippen molar-refractivity contribution in [3.63, 3.8) is 0 Å². The molecule has 7 heteroatoms. The molecule has 1 unspecified atom stereocenters. The quantitative estimate of drug-likeness (QED) is 0.516. The van der Waals surface area contributed by atoms with Crippen molar-refractivity contribution in [1.29, 1.82) is 5.26 Å². The van der Waals surface area contributed by atoms with Gasteiger partial charge in [0.2, 0.25) is 0 Å². The highest BCUT2D eigenvalue weighted by Crippen LogP contribution is 2.26. The van der Waals surface area contributed by atoms with E-state index in [4.69, 9.17) is 22.1 Å². The lowest BCUT2D eigenvalue weighted by molar-refractivity contribution is -0.137. The number of ether oxygens (including phenoxy) is 1. The van der Waals surface area contributed by atoms with Crippen molar-refractivity contribution in [1.82, 2.24) is 4.98 Å². The number of unbranched alkanes of at least 4 members (excludes halogenated alkanes) is 2. The Kier molecular flexibility index (Phi) is 7.89. The maximum absolute atomic E-state index is 10.4. The molecular weight excluding hydrogens is 338 g/mol. The van der Waals surface area contributed by atoms with Crippen LogP contribution in [-0.2, 0) is 9.53 Å². The van der Waals surface area contributed by atoms with Gasteiger partial charge in [-0.2, -0.15) is 5.26 Å². The van der Waals surface area contributed by atoms with E-state index in [0.717, 1.165) is 44.5 Å². The number of aromatic nitrogens is 1. The van der Waals surface area contributed by atoms with Gasteiger partial charge in [0.25, 0.3) is 0 Å². The highest BCUT2D eigenvalue weighted by molar-refractivity contribution is 7.71. The summed E-state index contributed by atoms with van der Waals surface area (Å²) in [5.41, 5.74) is 1.45. The number of nitrogens with one attached hydrogen (secondary N) is 1. The van der Waals surface area contributed by atoms with Crippen LogP contribution in [0.25, 0.3) is 0 Å². The maximum Gasteiger partial charge on any atom is 0.303 e. The summed E-state index contributed by atoms with van der Waals surface area (Å²) in [5, 5.41) is 17.9. The molecule has 0 saturated carbocycles. The Hall–Kier alpha value is -1.91. The zero-order valence-corrected chi connectivity index (χ0v) is 15.2. The second-order valence-electron chi connectivity index (χ2n) is 6.41. The van der Waals surface area contributed by atoms with Gasteiger partial charge in [0, 0.05) is 32.3 Å². The number of aromatic amines is 1. The minimum absolute atomic E-state index is 0.234. The summed E-state index contributed by atoms with van der Waals surface area (Å²) < 4.78 is 6.26. The molecule has 1 atom stereocenters. The summed E-state index contributed by atoms with van der Waals surface area (Å²) in [5.74, 6) is -0.294. The number of carboxylic acids is 1. The molecule has 0 amide bonds. The van der Waals surface area contributed by atoms with Crippen LogP contribution < -0.4 is 4.90 Å². The predicted molar refractivity (Wildman–Crippen MR) is 98.2 cm³/mol. The van der Waals surface area contributed by atoms with Gasteiger partial charge < -0.3 is 19.7 Å². The van der Waals surface area contributed by atoms with E-state index in [0.29, 0.717) is 35.8 Å². The average Bonchev–Trinajstić information content (AvgIpc) is 2.60. The van der Waals surface area contributed by atoms with E-state index in [-0.39, 0.29) is 6.42 Å². The van der Waals surface area contributed by atoms with Crippen molar-refractivity contribution >= 4 is 23.9 Å². The van der Waals surface area contributed by atoms with Crippen LogP contribution in [0.4, 0.5) is 5.69 Å². The van der Waals surface area contributed by atoms with Gasteiger partial charge >= 0.3 is 5.97 Å². The summed E-state index contributed by atoms with van der Waals surface area (Å²) in [6.45, 7) is 3.18. The first-order valence-electron chi connectivity index (χ1n) is 8.78. The van der Waals surface area contributed by atoms with Crippen molar-refractivity contribution in [3.05, 3.63) is 22.5 Å². The van der Waals surface area contributed by atoms with Gasteiger partial charge in [0.05, 0.1) is 12.3 Å². The van der Waals surface area contributed by atoms with E-state index in [2.05, 4.69) is 16.0 Å². The second kappa shape index (κ2) is 10.2. The molecule has 2 N–H and O–H groups in total. The zero-order chi connectivity index (χ0) is 18.1. The molecule has 0 radical (unpaired) electrons. The first kappa shape index (κ1) is 19.4. The maximum atomic E-state index is 10.4. The molecule has 136 valence electrons. The van der Waals surface area contributed by atoms with E-state index in [1.165, 1.54) is 0 Å². The van der Waals surface area contributed by atoms with E-state index < -0.39 is 5.97 Å². The van der Waals surface area contributed by atoms with Crippen molar-refractivity contribution in [2.24, 2.45) is 5.92 Å². The largest absolute Gasteiger partial charge is 0.481 e. The SMILES string of the molecule is N#Cc1c(N2CCCC(COCCCCCC(=O)O)C2)cc[nH]c1=S. The Bertz CT molecular complexity index is 668. The lowest BCUT2D eigenvalue weighted by Crippen LogP contribution is -2.37. The number of rotatable bonds is 9. The number of H-pyrrole nitrogens is 1. The number of nitriles is 1. The Balaban J connectivity index is 1.76. The standard InChI is InChI=1S/C18H25N3O3S/c19-11-15-16(7-8-20-18(15)25)21-9-4-5-14(12-21)13-24-10-3-1-2-6-17(22)23/h7-8,14H,1-6,9-10,12-13H2,(H,20,25)(H,22,23). The first-order chi connectivity index (χ1) is 12.1. The molecule has 1 aliphatic rings. The van der Waals surface area contributed by atoms with E-state index >= 15 is 0 Å². The summed E-state index contributed by atoms with van der Waals surface area (Å²) in [6.07, 6.45) is 6.71. The summed E-state index contributed by atoms with van der Waals surface area (Å²) in [7, 11) is 0. The van der Waals surface area contributed by atoms with Crippen LogP contribution in [0.2, 0.25) is 0 Å². The summed E-state index contributed by atoms with van der Waals surface area (Å²) in [4.78, 5) is 15.6. The lowest BCUT2D eigenvalue weighted by atomic mass is 9.98. The third-order valence-electron chi connectivity index (χ3n) is 4.44. The fourth-order valence-corrected chi connectivity index (χ4v) is 3.38. The summed E-state index contributed by atoms with van der Waals surface area (Å²) >= 11 is 5.21. The van der Waals surface area contributed by atoms with Gasteiger partial charge in [-0.3, -0.25) is 4.79 Å². The highest BCUT2D eigenvalue weighted by Gasteiger charge is 2.22. The zero-order valence-electron chi connectivity index (χ0n) is 14.4. The molecule has 1 aromatic heterocycles. The van der Waals surface area contributed by atoms with Crippen molar-refractivity contribution in [2.75, 3.05) is 31.2 Å². The van der Waals surface area contributed by atoms with Crippen LogP contribution in [0.5, 0.6) is 0 Å².